The molecule has 26 heavy (non-hydrogen) atoms. The third-order valence-corrected chi connectivity index (χ3v) is 5.07. The summed E-state index contributed by atoms with van der Waals surface area (Å²) in [7, 11) is 1.69. The number of carbonyl (C=O) groups excluding carboxylic acids is 1. The van der Waals surface area contributed by atoms with Crippen molar-refractivity contribution in [3.63, 3.8) is 0 Å². The minimum Gasteiger partial charge on any atom is -0.495 e. The van der Waals surface area contributed by atoms with Gasteiger partial charge in [-0.05, 0) is 45.4 Å². The SMILES string of the molecule is COc1ccccc1N1CCN(C(=O)[C@@H](C)n2cc(C)cn2)CC1(C)C. The average molecular weight is 356 g/mol. The third-order valence-electron chi connectivity index (χ3n) is 5.07. The fourth-order valence-electron chi connectivity index (χ4n) is 3.66. The van der Waals surface area contributed by atoms with Crippen molar-refractivity contribution in [1.29, 1.82) is 0 Å². The fraction of sp³-hybridized carbons (Fsp3) is 0.500. The van der Waals surface area contributed by atoms with Crippen LogP contribution in [-0.2, 0) is 4.79 Å². The Balaban J connectivity index is 1.77. The lowest BCUT2D eigenvalue weighted by molar-refractivity contribution is -0.136. The number of benzene rings is 1. The van der Waals surface area contributed by atoms with Crippen LogP contribution < -0.4 is 9.64 Å². The first-order valence-corrected chi connectivity index (χ1v) is 9.03. The molecule has 0 unspecified atom stereocenters. The van der Waals surface area contributed by atoms with Crippen LogP contribution in [0.15, 0.2) is 36.7 Å². The molecular weight excluding hydrogens is 328 g/mol. The summed E-state index contributed by atoms with van der Waals surface area (Å²) in [6.45, 7) is 10.3. The Kier molecular flexibility index (Phi) is 4.94. The van der Waals surface area contributed by atoms with Gasteiger partial charge in [-0.2, -0.15) is 5.10 Å². The van der Waals surface area contributed by atoms with Crippen LogP contribution in [-0.4, -0.2) is 52.9 Å². The quantitative estimate of drug-likeness (QED) is 0.845. The van der Waals surface area contributed by atoms with E-state index < -0.39 is 0 Å². The van der Waals surface area contributed by atoms with E-state index >= 15 is 0 Å². The number of aryl methyl sites for hydroxylation is 1. The number of amides is 1. The lowest BCUT2D eigenvalue weighted by Gasteiger charge is -2.49. The first kappa shape index (κ1) is 18.3. The second-order valence-electron chi connectivity index (χ2n) is 7.57. The molecule has 6 heteroatoms. The summed E-state index contributed by atoms with van der Waals surface area (Å²) in [6.07, 6.45) is 3.70. The molecule has 1 saturated heterocycles. The van der Waals surface area contributed by atoms with E-state index in [1.165, 1.54) is 0 Å². The summed E-state index contributed by atoms with van der Waals surface area (Å²) in [5.74, 6) is 0.974. The van der Waals surface area contributed by atoms with Crippen molar-refractivity contribution in [2.45, 2.75) is 39.3 Å². The smallest absolute Gasteiger partial charge is 0.247 e. The Morgan fingerprint density at radius 1 is 1.27 bits per heavy atom. The molecule has 140 valence electrons. The molecule has 0 spiro atoms. The standard InChI is InChI=1S/C20H28N4O2/c1-15-12-21-24(13-15)16(2)19(25)22-10-11-23(20(3,4)14-22)17-8-6-7-9-18(17)26-5/h6-9,12-13,16H,10-11,14H2,1-5H3/t16-/m1/s1. The van der Waals surface area contributed by atoms with Crippen molar-refractivity contribution in [2.75, 3.05) is 31.6 Å². The molecule has 0 N–H and O–H groups in total. The van der Waals surface area contributed by atoms with E-state index in [-0.39, 0.29) is 17.5 Å². The number of hydrogen-bond donors (Lipinski definition) is 0. The van der Waals surface area contributed by atoms with Gasteiger partial charge >= 0.3 is 0 Å². The van der Waals surface area contributed by atoms with Crippen LogP contribution in [0.25, 0.3) is 0 Å². The van der Waals surface area contributed by atoms with Gasteiger partial charge in [0, 0.05) is 25.8 Å². The summed E-state index contributed by atoms with van der Waals surface area (Å²) in [5, 5.41) is 4.30. The third kappa shape index (κ3) is 3.41. The number of para-hydroxylation sites is 2. The van der Waals surface area contributed by atoms with E-state index in [9.17, 15) is 4.79 Å². The van der Waals surface area contributed by atoms with Gasteiger partial charge in [0.15, 0.2) is 0 Å². The molecule has 0 radical (unpaired) electrons. The second-order valence-corrected chi connectivity index (χ2v) is 7.57. The summed E-state index contributed by atoms with van der Waals surface area (Å²) in [4.78, 5) is 17.3. The van der Waals surface area contributed by atoms with Gasteiger partial charge in [0.1, 0.15) is 11.8 Å². The number of methoxy groups -OCH3 is 1. The molecule has 2 heterocycles. The number of ether oxygens (including phenoxy) is 1. The van der Waals surface area contributed by atoms with Gasteiger partial charge in [-0.1, -0.05) is 12.1 Å². The number of aromatic nitrogens is 2. The highest BCUT2D eigenvalue weighted by molar-refractivity contribution is 5.80. The summed E-state index contributed by atoms with van der Waals surface area (Å²) < 4.78 is 7.28. The number of rotatable bonds is 4. The second kappa shape index (κ2) is 7.02. The van der Waals surface area contributed by atoms with Crippen LogP contribution in [0.3, 0.4) is 0 Å². The molecule has 1 atom stereocenters. The van der Waals surface area contributed by atoms with Gasteiger partial charge < -0.3 is 14.5 Å². The molecule has 1 aliphatic heterocycles. The molecule has 0 aliphatic carbocycles. The minimum absolute atomic E-state index is 0.112. The maximum Gasteiger partial charge on any atom is 0.247 e. The Bertz CT molecular complexity index is 784. The lowest BCUT2D eigenvalue weighted by Crippen LogP contribution is -2.61. The predicted molar refractivity (Wildman–Crippen MR) is 103 cm³/mol. The molecular formula is C20H28N4O2. The number of nitrogens with zero attached hydrogens (tertiary/aromatic N) is 4. The molecule has 1 aromatic carbocycles. The molecule has 3 rings (SSSR count). The van der Waals surface area contributed by atoms with Crippen LogP contribution in [0.1, 0.15) is 32.4 Å². The molecule has 0 saturated carbocycles. The highest BCUT2D eigenvalue weighted by atomic mass is 16.5. The van der Waals surface area contributed by atoms with Crippen molar-refractivity contribution in [2.24, 2.45) is 0 Å². The van der Waals surface area contributed by atoms with Crippen LogP contribution in [0.2, 0.25) is 0 Å². The van der Waals surface area contributed by atoms with Crippen molar-refractivity contribution >= 4 is 11.6 Å². The molecule has 2 aromatic rings. The number of hydrogen-bond acceptors (Lipinski definition) is 4. The number of carbonyl (C=O) groups is 1. The molecule has 1 amide bonds. The van der Waals surface area contributed by atoms with E-state index in [4.69, 9.17) is 4.74 Å². The fourth-order valence-corrected chi connectivity index (χ4v) is 3.66. The van der Waals surface area contributed by atoms with Gasteiger partial charge in [-0.25, -0.2) is 0 Å². The Morgan fingerprint density at radius 2 is 2.00 bits per heavy atom. The number of piperazine rings is 1. The first-order valence-electron chi connectivity index (χ1n) is 9.03. The molecule has 1 aromatic heterocycles. The van der Waals surface area contributed by atoms with E-state index in [0.717, 1.165) is 23.5 Å². The van der Waals surface area contributed by atoms with Gasteiger partial charge in [-0.15, -0.1) is 0 Å². The van der Waals surface area contributed by atoms with Gasteiger partial charge in [0.25, 0.3) is 0 Å². The molecule has 0 bridgehead atoms. The van der Waals surface area contributed by atoms with E-state index in [1.807, 2.05) is 43.1 Å². The summed E-state index contributed by atoms with van der Waals surface area (Å²) in [5.41, 5.74) is 1.94. The molecule has 6 nitrogen and oxygen atoms in total. The van der Waals surface area contributed by atoms with Crippen molar-refractivity contribution in [3.8, 4) is 5.75 Å². The van der Waals surface area contributed by atoms with Crippen LogP contribution >= 0.6 is 0 Å². The van der Waals surface area contributed by atoms with Crippen LogP contribution in [0.5, 0.6) is 5.75 Å². The molecule has 1 fully saturated rings. The van der Waals surface area contributed by atoms with Crippen molar-refractivity contribution in [1.82, 2.24) is 14.7 Å². The molecule has 1 aliphatic rings. The van der Waals surface area contributed by atoms with E-state index in [1.54, 1.807) is 18.0 Å². The summed E-state index contributed by atoms with van der Waals surface area (Å²) >= 11 is 0. The zero-order valence-electron chi connectivity index (χ0n) is 16.3. The predicted octanol–water partition coefficient (Wildman–Crippen LogP) is 2.89. The first-order chi connectivity index (χ1) is 12.3. The van der Waals surface area contributed by atoms with E-state index in [0.29, 0.717) is 13.1 Å². The largest absolute Gasteiger partial charge is 0.495 e. The highest BCUT2D eigenvalue weighted by Gasteiger charge is 2.38. The van der Waals surface area contributed by atoms with Crippen LogP contribution in [0, 0.1) is 6.92 Å². The minimum atomic E-state index is -0.294. The van der Waals surface area contributed by atoms with E-state index in [2.05, 4.69) is 29.9 Å². The van der Waals surface area contributed by atoms with Crippen LogP contribution in [0.4, 0.5) is 5.69 Å². The Morgan fingerprint density at radius 3 is 2.62 bits per heavy atom. The topological polar surface area (TPSA) is 50.6 Å². The zero-order chi connectivity index (χ0) is 18.9. The Labute approximate surface area is 155 Å². The van der Waals surface area contributed by atoms with Gasteiger partial charge in [-0.3, -0.25) is 9.48 Å². The van der Waals surface area contributed by atoms with Crippen molar-refractivity contribution in [3.05, 3.63) is 42.2 Å². The van der Waals surface area contributed by atoms with Crippen molar-refractivity contribution < 1.29 is 9.53 Å². The normalized spacial score (nSPS) is 17.9. The average Bonchev–Trinajstić information content (AvgIpc) is 3.06. The number of anilines is 1. The highest BCUT2D eigenvalue weighted by Crippen LogP contribution is 2.35. The zero-order valence-corrected chi connectivity index (χ0v) is 16.3. The maximum absolute atomic E-state index is 13.0. The van der Waals surface area contributed by atoms with Gasteiger partial charge in [0.2, 0.25) is 5.91 Å². The maximum atomic E-state index is 13.0. The summed E-state index contributed by atoms with van der Waals surface area (Å²) in [6, 6.07) is 7.76. The monoisotopic (exact) mass is 356 g/mol. The lowest BCUT2D eigenvalue weighted by atomic mass is 9.97. The Hall–Kier alpha value is -2.50. The van der Waals surface area contributed by atoms with Gasteiger partial charge in [0.05, 0.1) is 24.5 Å².